The Bertz CT molecular complexity index is 694. The predicted octanol–water partition coefficient (Wildman–Crippen LogP) is 4.73. The lowest BCUT2D eigenvalue weighted by Gasteiger charge is -2.23. The lowest BCUT2D eigenvalue weighted by Crippen LogP contribution is -2.30. The molecule has 0 amide bonds. The molecule has 2 aromatic rings. The van der Waals surface area contributed by atoms with E-state index in [0.717, 1.165) is 16.8 Å². The molecule has 0 radical (unpaired) electrons. The van der Waals surface area contributed by atoms with Crippen molar-refractivity contribution in [3.8, 4) is 11.1 Å². The summed E-state index contributed by atoms with van der Waals surface area (Å²) in [5.74, 6) is -0.00874. The maximum atomic E-state index is 12.5. The maximum Gasteiger partial charge on any atom is 0.173 e. The molecule has 0 unspecified atom stereocenters. The van der Waals surface area contributed by atoms with Crippen LogP contribution in [0.25, 0.3) is 11.1 Å². The number of Topliss-reactive ketones (excluding diaryl/α,β-unsaturated/α-hetero) is 1. The van der Waals surface area contributed by atoms with Crippen LogP contribution >= 0.6 is 0 Å². The third kappa shape index (κ3) is 3.22. The Morgan fingerprint density at radius 1 is 1.09 bits per heavy atom. The minimum Gasteiger partial charge on any atom is -0.293 e. The van der Waals surface area contributed by atoms with Crippen LogP contribution in [-0.2, 0) is 10.2 Å². The second-order valence-electron chi connectivity index (χ2n) is 5.78. The van der Waals surface area contributed by atoms with Gasteiger partial charge in [0.2, 0.25) is 0 Å². The fraction of sp³-hybridized carbons (Fsp3) is 0.200. The molecule has 22 heavy (non-hydrogen) atoms. The van der Waals surface area contributed by atoms with E-state index in [2.05, 4.69) is 11.6 Å². The van der Waals surface area contributed by atoms with Crippen molar-refractivity contribution in [1.82, 2.24) is 4.98 Å². The summed E-state index contributed by atoms with van der Waals surface area (Å²) in [5, 5.41) is 0. The molecule has 0 aliphatic carbocycles. The van der Waals surface area contributed by atoms with E-state index in [1.807, 2.05) is 75.5 Å². The molecule has 2 heteroatoms. The SMILES string of the molecule is C=C(C=CC)C(=O)C(C)(C)c1ccc(-c2ccccc2)cn1. The van der Waals surface area contributed by atoms with Crippen molar-refractivity contribution in [3.05, 3.63) is 78.7 Å². The number of nitrogens with zero attached hydrogens (tertiary/aromatic N) is 1. The molecular formula is C20H21NO. The van der Waals surface area contributed by atoms with Crippen LogP contribution < -0.4 is 0 Å². The molecule has 0 spiro atoms. The van der Waals surface area contributed by atoms with Gasteiger partial charge in [-0.1, -0.05) is 55.1 Å². The number of carbonyl (C=O) groups excluding carboxylic acids is 1. The number of carbonyl (C=O) groups is 1. The second-order valence-corrected chi connectivity index (χ2v) is 5.78. The minimum atomic E-state index is -0.689. The molecule has 1 heterocycles. The Morgan fingerprint density at radius 3 is 2.32 bits per heavy atom. The van der Waals surface area contributed by atoms with Crippen LogP contribution in [0.2, 0.25) is 0 Å². The first-order chi connectivity index (χ1) is 10.5. The predicted molar refractivity (Wildman–Crippen MR) is 91.7 cm³/mol. The lowest BCUT2D eigenvalue weighted by molar-refractivity contribution is -0.119. The number of benzene rings is 1. The number of allylic oxidation sites excluding steroid dienone is 3. The quantitative estimate of drug-likeness (QED) is 0.589. The van der Waals surface area contributed by atoms with E-state index in [1.165, 1.54) is 0 Å². The molecule has 0 saturated heterocycles. The van der Waals surface area contributed by atoms with E-state index in [4.69, 9.17) is 0 Å². The van der Waals surface area contributed by atoms with Crippen molar-refractivity contribution in [1.29, 1.82) is 0 Å². The third-order valence-electron chi connectivity index (χ3n) is 3.74. The highest BCUT2D eigenvalue weighted by Crippen LogP contribution is 2.27. The number of hydrogen-bond donors (Lipinski definition) is 0. The number of ketones is 1. The van der Waals surface area contributed by atoms with Gasteiger partial charge in [0.05, 0.1) is 11.1 Å². The van der Waals surface area contributed by atoms with Crippen LogP contribution in [0, 0.1) is 0 Å². The Labute approximate surface area is 132 Å². The molecule has 112 valence electrons. The topological polar surface area (TPSA) is 30.0 Å². The van der Waals surface area contributed by atoms with Crippen LogP contribution in [0.3, 0.4) is 0 Å². The zero-order valence-electron chi connectivity index (χ0n) is 13.3. The van der Waals surface area contributed by atoms with Crippen molar-refractivity contribution < 1.29 is 4.79 Å². The molecule has 0 aliphatic heterocycles. The zero-order valence-corrected chi connectivity index (χ0v) is 13.3. The van der Waals surface area contributed by atoms with E-state index in [-0.39, 0.29) is 5.78 Å². The fourth-order valence-corrected chi connectivity index (χ4v) is 2.36. The zero-order chi connectivity index (χ0) is 16.2. The van der Waals surface area contributed by atoms with E-state index in [0.29, 0.717) is 5.57 Å². The number of hydrogen-bond acceptors (Lipinski definition) is 2. The van der Waals surface area contributed by atoms with Crippen molar-refractivity contribution in [2.24, 2.45) is 0 Å². The Hall–Kier alpha value is -2.48. The third-order valence-corrected chi connectivity index (χ3v) is 3.74. The van der Waals surface area contributed by atoms with Crippen molar-refractivity contribution in [2.45, 2.75) is 26.2 Å². The summed E-state index contributed by atoms with van der Waals surface area (Å²) in [6.07, 6.45) is 5.38. The summed E-state index contributed by atoms with van der Waals surface area (Å²) in [5.41, 5.74) is 2.72. The summed E-state index contributed by atoms with van der Waals surface area (Å²) in [7, 11) is 0. The molecule has 0 atom stereocenters. The number of rotatable bonds is 5. The van der Waals surface area contributed by atoms with Crippen LogP contribution in [0.5, 0.6) is 0 Å². The van der Waals surface area contributed by atoms with Crippen molar-refractivity contribution in [2.75, 3.05) is 0 Å². The fourth-order valence-electron chi connectivity index (χ4n) is 2.36. The smallest absolute Gasteiger partial charge is 0.173 e. The molecular weight excluding hydrogens is 270 g/mol. The van der Waals surface area contributed by atoms with Crippen LogP contribution in [0.1, 0.15) is 26.5 Å². The van der Waals surface area contributed by atoms with Gasteiger partial charge in [0, 0.05) is 17.3 Å². The van der Waals surface area contributed by atoms with Crippen molar-refractivity contribution >= 4 is 5.78 Å². The summed E-state index contributed by atoms with van der Waals surface area (Å²) in [6, 6.07) is 14.0. The van der Waals surface area contributed by atoms with Gasteiger partial charge in [-0.25, -0.2) is 0 Å². The normalized spacial score (nSPS) is 11.6. The molecule has 0 N–H and O–H groups in total. The average Bonchev–Trinajstić information content (AvgIpc) is 2.55. The highest BCUT2D eigenvalue weighted by Gasteiger charge is 2.31. The first-order valence-corrected chi connectivity index (χ1v) is 7.35. The van der Waals surface area contributed by atoms with Gasteiger partial charge in [0.15, 0.2) is 5.78 Å². The van der Waals surface area contributed by atoms with Gasteiger partial charge in [0.1, 0.15) is 0 Å². The molecule has 0 aliphatic rings. The lowest BCUT2D eigenvalue weighted by atomic mass is 9.80. The first-order valence-electron chi connectivity index (χ1n) is 7.35. The van der Waals surface area contributed by atoms with Crippen molar-refractivity contribution in [3.63, 3.8) is 0 Å². The van der Waals surface area contributed by atoms with Gasteiger partial charge < -0.3 is 0 Å². The van der Waals surface area contributed by atoms with Gasteiger partial charge in [0.25, 0.3) is 0 Å². The van der Waals surface area contributed by atoms with E-state index in [9.17, 15) is 4.79 Å². The number of aromatic nitrogens is 1. The Kier molecular flexibility index (Phi) is 4.71. The van der Waals surface area contributed by atoms with E-state index in [1.54, 1.807) is 6.08 Å². The first kappa shape index (κ1) is 15.9. The summed E-state index contributed by atoms with van der Waals surface area (Å²) >= 11 is 0. The second kappa shape index (κ2) is 6.52. The van der Waals surface area contributed by atoms with Gasteiger partial charge in [-0.05, 0) is 32.4 Å². The maximum absolute atomic E-state index is 12.5. The van der Waals surface area contributed by atoms with E-state index >= 15 is 0 Å². The molecule has 0 fully saturated rings. The van der Waals surface area contributed by atoms with E-state index < -0.39 is 5.41 Å². The molecule has 2 rings (SSSR count). The van der Waals surface area contributed by atoms with Gasteiger partial charge in [-0.15, -0.1) is 0 Å². The highest BCUT2D eigenvalue weighted by molar-refractivity contribution is 6.04. The molecule has 1 aromatic heterocycles. The van der Waals surface area contributed by atoms with Crippen LogP contribution in [0.4, 0.5) is 0 Å². The summed E-state index contributed by atoms with van der Waals surface area (Å²) in [6.45, 7) is 9.48. The minimum absolute atomic E-state index is 0.00874. The van der Waals surface area contributed by atoms with Gasteiger partial charge >= 0.3 is 0 Å². The van der Waals surface area contributed by atoms with Gasteiger partial charge in [-0.2, -0.15) is 0 Å². The Balaban J connectivity index is 2.29. The standard InChI is InChI=1S/C20H21NO/c1-5-9-15(2)19(22)20(3,4)18-13-12-17(14-21-18)16-10-7-6-8-11-16/h5-14H,2H2,1,3-4H3. The Morgan fingerprint density at radius 2 is 1.77 bits per heavy atom. The van der Waals surface area contributed by atoms with Crippen LogP contribution in [-0.4, -0.2) is 10.8 Å². The van der Waals surface area contributed by atoms with Gasteiger partial charge in [-0.3, -0.25) is 9.78 Å². The summed E-state index contributed by atoms with van der Waals surface area (Å²) < 4.78 is 0. The molecule has 1 aromatic carbocycles. The monoisotopic (exact) mass is 291 g/mol. The molecule has 0 bridgehead atoms. The molecule has 0 saturated carbocycles. The average molecular weight is 291 g/mol. The number of pyridine rings is 1. The van der Waals surface area contributed by atoms with Crippen LogP contribution in [0.15, 0.2) is 73.0 Å². The molecule has 2 nitrogen and oxygen atoms in total. The summed E-state index contributed by atoms with van der Waals surface area (Å²) in [4.78, 5) is 17.0. The highest BCUT2D eigenvalue weighted by atomic mass is 16.1. The largest absolute Gasteiger partial charge is 0.293 e.